The SMILES string of the molecule is CCN(CC)c1nc(Cl)nc(N(C)C2CCN(C)CC2)n1. The van der Waals surface area contributed by atoms with Gasteiger partial charge >= 0.3 is 0 Å². The van der Waals surface area contributed by atoms with Gasteiger partial charge in [-0.15, -0.1) is 0 Å². The second kappa shape index (κ2) is 7.22. The van der Waals surface area contributed by atoms with Crippen LogP contribution in [-0.4, -0.2) is 66.2 Å². The fourth-order valence-electron chi connectivity index (χ4n) is 2.68. The predicted octanol–water partition coefficient (Wildman–Crippen LogP) is 1.90. The van der Waals surface area contributed by atoms with Crippen molar-refractivity contribution in [1.29, 1.82) is 0 Å². The number of anilines is 2. The largest absolute Gasteiger partial charge is 0.341 e. The maximum atomic E-state index is 6.09. The number of hydrogen-bond donors (Lipinski definition) is 0. The van der Waals surface area contributed by atoms with Crippen molar-refractivity contribution in [2.75, 3.05) is 50.1 Å². The topological polar surface area (TPSA) is 48.4 Å². The van der Waals surface area contributed by atoms with E-state index in [4.69, 9.17) is 11.6 Å². The van der Waals surface area contributed by atoms with Gasteiger partial charge < -0.3 is 14.7 Å². The molecule has 0 aromatic carbocycles. The molecular weight excluding hydrogens is 288 g/mol. The second-order valence-corrected chi connectivity index (χ2v) is 5.86. The van der Waals surface area contributed by atoms with Gasteiger partial charge in [-0.1, -0.05) is 0 Å². The van der Waals surface area contributed by atoms with E-state index in [1.807, 2.05) is 7.05 Å². The second-order valence-electron chi connectivity index (χ2n) is 5.52. The van der Waals surface area contributed by atoms with Crippen molar-refractivity contribution in [2.24, 2.45) is 0 Å². The molecule has 0 unspecified atom stereocenters. The lowest BCUT2D eigenvalue weighted by Gasteiger charge is -2.35. The maximum Gasteiger partial charge on any atom is 0.231 e. The molecule has 1 fully saturated rings. The minimum atomic E-state index is 0.265. The lowest BCUT2D eigenvalue weighted by atomic mass is 10.0. The van der Waals surface area contributed by atoms with Crippen LogP contribution in [0.1, 0.15) is 26.7 Å². The summed E-state index contributed by atoms with van der Waals surface area (Å²) in [6, 6.07) is 0.462. The highest BCUT2D eigenvalue weighted by molar-refractivity contribution is 6.28. The molecule has 0 N–H and O–H groups in total. The molecule has 0 radical (unpaired) electrons. The zero-order chi connectivity index (χ0) is 15.4. The van der Waals surface area contributed by atoms with E-state index in [2.05, 4.69) is 50.5 Å². The minimum Gasteiger partial charge on any atom is -0.341 e. The van der Waals surface area contributed by atoms with E-state index in [0.717, 1.165) is 39.0 Å². The summed E-state index contributed by atoms with van der Waals surface area (Å²) >= 11 is 6.09. The van der Waals surface area contributed by atoms with Gasteiger partial charge in [0.2, 0.25) is 17.2 Å². The summed E-state index contributed by atoms with van der Waals surface area (Å²) < 4.78 is 0. The molecular formula is C14H25ClN6. The average Bonchev–Trinajstić information content (AvgIpc) is 2.48. The molecule has 2 rings (SSSR count). The van der Waals surface area contributed by atoms with Gasteiger partial charge in [-0.05, 0) is 58.4 Å². The van der Waals surface area contributed by atoms with Crippen LogP contribution in [0.25, 0.3) is 0 Å². The van der Waals surface area contributed by atoms with Crippen molar-refractivity contribution in [3.63, 3.8) is 0 Å². The molecule has 0 spiro atoms. The van der Waals surface area contributed by atoms with E-state index in [9.17, 15) is 0 Å². The first-order valence-corrected chi connectivity index (χ1v) is 8.00. The van der Waals surface area contributed by atoms with E-state index in [-0.39, 0.29) is 5.28 Å². The van der Waals surface area contributed by atoms with E-state index in [1.54, 1.807) is 0 Å². The van der Waals surface area contributed by atoms with Gasteiger partial charge in [0.05, 0.1) is 0 Å². The highest BCUT2D eigenvalue weighted by atomic mass is 35.5. The van der Waals surface area contributed by atoms with Crippen LogP contribution in [0.3, 0.4) is 0 Å². The van der Waals surface area contributed by atoms with Crippen LogP contribution in [0.15, 0.2) is 0 Å². The van der Waals surface area contributed by atoms with Crippen molar-refractivity contribution in [3.8, 4) is 0 Å². The number of halogens is 1. The molecule has 0 saturated carbocycles. The number of nitrogens with zero attached hydrogens (tertiary/aromatic N) is 6. The molecule has 0 amide bonds. The third-order valence-electron chi connectivity index (χ3n) is 4.18. The number of rotatable bonds is 5. The Morgan fingerprint density at radius 3 is 2.24 bits per heavy atom. The quantitative estimate of drug-likeness (QED) is 0.827. The van der Waals surface area contributed by atoms with E-state index < -0.39 is 0 Å². The summed E-state index contributed by atoms with van der Waals surface area (Å²) in [5.41, 5.74) is 0. The smallest absolute Gasteiger partial charge is 0.231 e. The molecule has 1 aromatic rings. The van der Waals surface area contributed by atoms with Crippen molar-refractivity contribution < 1.29 is 0 Å². The van der Waals surface area contributed by atoms with Crippen molar-refractivity contribution in [3.05, 3.63) is 5.28 Å². The number of piperidine rings is 1. The minimum absolute atomic E-state index is 0.265. The maximum absolute atomic E-state index is 6.09. The lowest BCUT2D eigenvalue weighted by molar-refractivity contribution is 0.252. The number of aromatic nitrogens is 3. The van der Waals surface area contributed by atoms with Gasteiger partial charge in [-0.25, -0.2) is 0 Å². The Hall–Kier alpha value is -1.14. The summed E-state index contributed by atoms with van der Waals surface area (Å²) in [6.45, 7) is 8.10. The van der Waals surface area contributed by atoms with Crippen molar-refractivity contribution >= 4 is 23.5 Å². The molecule has 21 heavy (non-hydrogen) atoms. The molecule has 7 heteroatoms. The first-order valence-electron chi connectivity index (χ1n) is 7.63. The molecule has 0 bridgehead atoms. The van der Waals surface area contributed by atoms with E-state index in [0.29, 0.717) is 17.9 Å². The van der Waals surface area contributed by atoms with Gasteiger partial charge in [0.25, 0.3) is 0 Å². The standard InChI is InChI=1S/C14H25ClN6/c1-5-21(6-2)14-17-12(15)16-13(18-14)20(4)11-7-9-19(3)10-8-11/h11H,5-10H2,1-4H3. The Bertz CT molecular complexity index is 457. The Labute approximate surface area is 132 Å². The van der Waals surface area contributed by atoms with Crippen LogP contribution < -0.4 is 9.80 Å². The first kappa shape index (κ1) is 16.2. The molecule has 1 aromatic heterocycles. The fraction of sp³-hybridized carbons (Fsp3) is 0.786. The molecule has 0 aliphatic carbocycles. The lowest BCUT2D eigenvalue weighted by Crippen LogP contribution is -2.42. The number of likely N-dealkylation sites (tertiary alicyclic amines) is 1. The summed E-state index contributed by atoms with van der Waals surface area (Å²) in [4.78, 5) is 19.7. The van der Waals surface area contributed by atoms with E-state index >= 15 is 0 Å². The van der Waals surface area contributed by atoms with Crippen LogP contribution in [0.2, 0.25) is 5.28 Å². The monoisotopic (exact) mass is 312 g/mol. The Kier molecular flexibility index (Phi) is 5.58. The zero-order valence-corrected chi connectivity index (χ0v) is 14.1. The van der Waals surface area contributed by atoms with Crippen LogP contribution in [0, 0.1) is 0 Å². The Morgan fingerprint density at radius 2 is 1.67 bits per heavy atom. The Morgan fingerprint density at radius 1 is 1.10 bits per heavy atom. The van der Waals surface area contributed by atoms with Crippen molar-refractivity contribution in [2.45, 2.75) is 32.7 Å². The Balaban J connectivity index is 2.18. The van der Waals surface area contributed by atoms with Crippen LogP contribution >= 0.6 is 11.6 Å². The summed E-state index contributed by atoms with van der Waals surface area (Å²) in [6.07, 6.45) is 2.24. The normalized spacial score (nSPS) is 17.0. The average molecular weight is 313 g/mol. The zero-order valence-electron chi connectivity index (χ0n) is 13.4. The van der Waals surface area contributed by atoms with E-state index in [1.165, 1.54) is 0 Å². The molecule has 6 nitrogen and oxygen atoms in total. The van der Waals surface area contributed by atoms with Crippen LogP contribution in [-0.2, 0) is 0 Å². The predicted molar refractivity (Wildman–Crippen MR) is 87.3 cm³/mol. The van der Waals surface area contributed by atoms with Crippen LogP contribution in [0.5, 0.6) is 0 Å². The summed E-state index contributed by atoms with van der Waals surface area (Å²) in [5, 5.41) is 0.265. The number of hydrogen-bond acceptors (Lipinski definition) is 6. The first-order chi connectivity index (χ1) is 10.0. The van der Waals surface area contributed by atoms with Gasteiger partial charge in [-0.2, -0.15) is 15.0 Å². The van der Waals surface area contributed by atoms with Gasteiger partial charge in [0, 0.05) is 26.2 Å². The molecule has 1 saturated heterocycles. The van der Waals surface area contributed by atoms with Crippen molar-refractivity contribution in [1.82, 2.24) is 19.9 Å². The molecule has 2 heterocycles. The van der Waals surface area contributed by atoms with Crippen LogP contribution in [0.4, 0.5) is 11.9 Å². The third kappa shape index (κ3) is 3.95. The highest BCUT2D eigenvalue weighted by Gasteiger charge is 2.23. The summed E-state index contributed by atoms with van der Waals surface area (Å²) in [7, 11) is 4.21. The van der Waals surface area contributed by atoms with Gasteiger partial charge in [-0.3, -0.25) is 0 Å². The molecule has 1 aliphatic heterocycles. The summed E-state index contributed by atoms with van der Waals surface area (Å²) in [5.74, 6) is 1.33. The highest BCUT2D eigenvalue weighted by Crippen LogP contribution is 2.21. The molecule has 1 aliphatic rings. The van der Waals surface area contributed by atoms with Gasteiger partial charge in [0.15, 0.2) is 0 Å². The van der Waals surface area contributed by atoms with Gasteiger partial charge in [0.1, 0.15) is 0 Å². The third-order valence-corrected chi connectivity index (χ3v) is 4.35. The molecule has 0 atom stereocenters. The molecule has 118 valence electrons. The fourth-order valence-corrected chi connectivity index (χ4v) is 2.83.